The number of hydrogen-bond acceptors (Lipinski definition) is 5. The maximum Gasteiger partial charge on any atom is 0.320 e. The van der Waals surface area contributed by atoms with Crippen molar-refractivity contribution >= 4 is 17.8 Å². The van der Waals surface area contributed by atoms with Crippen LogP contribution in [0.3, 0.4) is 0 Å². The molecule has 1 N–H and O–H groups in total. The van der Waals surface area contributed by atoms with Crippen molar-refractivity contribution in [1.82, 2.24) is 4.90 Å². The Labute approximate surface area is 192 Å². The molecule has 32 heavy (non-hydrogen) atoms. The first kappa shape index (κ1) is 26.4. The number of piperidine rings is 1. The van der Waals surface area contributed by atoms with E-state index in [2.05, 4.69) is 27.7 Å². The van der Waals surface area contributed by atoms with Crippen molar-refractivity contribution in [2.45, 2.75) is 98.2 Å². The molecule has 0 aliphatic carbocycles. The van der Waals surface area contributed by atoms with Crippen molar-refractivity contribution in [1.29, 1.82) is 0 Å². The van der Waals surface area contributed by atoms with Gasteiger partial charge < -0.3 is 19.5 Å². The minimum atomic E-state index is -1.19. The van der Waals surface area contributed by atoms with Gasteiger partial charge >= 0.3 is 11.9 Å². The molecule has 2 heterocycles. The molecule has 0 bridgehead atoms. The number of fused-ring (bicyclic) bond motifs is 1. The molecule has 0 radical (unpaired) electrons. The summed E-state index contributed by atoms with van der Waals surface area (Å²) in [6.45, 7) is 10.6. The molecule has 0 aromatic heterocycles. The highest BCUT2D eigenvalue weighted by Gasteiger charge is 2.60. The zero-order chi connectivity index (χ0) is 24.1. The van der Waals surface area contributed by atoms with Gasteiger partial charge in [-0.3, -0.25) is 14.4 Å². The molecular formula is C25H41NO6. The number of esters is 1. The van der Waals surface area contributed by atoms with Gasteiger partial charge in [0.1, 0.15) is 5.41 Å². The second-order valence-corrected chi connectivity index (χ2v) is 10.3. The summed E-state index contributed by atoms with van der Waals surface area (Å²) >= 11 is 0. The number of likely N-dealkylation sites (tertiary alicyclic amines) is 1. The van der Waals surface area contributed by atoms with Crippen LogP contribution in [0.5, 0.6) is 0 Å². The van der Waals surface area contributed by atoms with E-state index in [1.807, 2.05) is 13.0 Å². The first-order chi connectivity index (χ1) is 15.0. The van der Waals surface area contributed by atoms with Crippen LogP contribution in [0.1, 0.15) is 86.0 Å². The number of nitrogens with zero attached hydrogens (tertiary/aromatic N) is 1. The van der Waals surface area contributed by atoms with Crippen LogP contribution in [0.4, 0.5) is 0 Å². The molecule has 0 aromatic rings. The normalized spacial score (nSPS) is 28.2. The minimum Gasteiger partial charge on any atom is -0.481 e. The van der Waals surface area contributed by atoms with E-state index < -0.39 is 29.4 Å². The van der Waals surface area contributed by atoms with Crippen molar-refractivity contribution < 1.29 is 29.0 Å². The lowest BCUT2D eigenvalue weighted by atomic mass is 9.65. The number of ether oxygens (including phenoxy) is 2. The third kappa shape index (κ3) is 5.53. The summed E-state index contributed by atoms with van der Waals surface area (Å²) in [6, 6.07) is 0. The second-order valence-electron chi connectivity index (χ2n) is 10.3. The molecule has 7 nitrogen and oxygen atoms in total. The fraction of sp³-hybridized carbons (Fsp3) is 0.800. The van der Waals surface area contributed by atoms with Crippen LogP contribution in [0, 0.1) is 16.7 Å². The van der Waals surface area contributed by atoms with Gasteiger partial charge in [-0.15, -0.1) is 0 Å². The summed E-state index contributed by atoms with van der Waals surface area (Å²) in [6.07, 6.45) is 7.27. The summed E-state index contributed by atoms with van der Waals surface area (Å²) in [7, 11) is 1.33. The Morgan fingerprint density at radius 3 is 2.41 bits per heavy atom. The Morgan fingerprint density at radius 2 is 1.84 bits per heavy atom. The molecule has 1 saturated heterocycles. The van der Waals surface area contributed by atoms with Crippen LogP contribution in [0.15, 0.2) is 11.8 Å². The van der Waals surface area contributed by atoms with Gasteiger partial charge in [-0.25, -0.2) is 0 Å². The van der Waals surface area contributed by atoms with Crippen molar-refractivity contribution in [3.63, 3.8) is 0 Å². The number of methoxy groups -OCH3 is 1. The standard InChI is InChI=1S/C25H41NO6/c1-7-8-9-10-11-12-13-26-19-15-20(24(3,4)5)32-17(2)25(19,23(30)31-6)16-18(22(26)29)14-21(27)28/h15,17-18,20H,7-14,16H2,1-6H3,(H,27,28)/t17-,18-,20-,25+/m0/s1. The number of carbonyl (C=O) groups excluding carboxylic acids is 2. The lowest BCUT2D eigenvalue weighted by Gasteiger charge is -2.52. The van der Waals surface area contributed by atoms with Crippen molar-refractivity contribution in [3.8, 4) is 0 Å². The number of amides is 1. The summed E-state index contributed by atoms with van der Waals surface area (Å²) in [5.74, 6) is -2.53. The highest BCUT2D eigenvalue weighted by Crippen LogP contribution is 2.51. The molecule has 2 aliphatic rings. The van der Waals surface area contributed by atoms with Gasteiger partial charge in [0.15, 0.2) is 0 Å². The smallest absolute Gasteiger partial charge is 0.320 e. The molecular weight excluding hydrogens is 410 g/mol. The number of carbonyl (C=O) groups is 3. The average molecular weight is 452 g/mol. The molecule has 0 aromatic carbocycles. The lowest BCUT2D eigenvalue weighted by molar-refractivity contribution is -0.180. The van der Waals surface area contributed by atoms with Crippen molar-refractivity contribution in [3.05, 3.63) is 11.8 Å². The number of aliphatic carboxylic acids is 1. The Hall–Kier alpha value is -1.89. The summed E-state index contributed by atoms with van der Waals surface area (Å²) in [5.41, 5.74) is -0.786. The monoisotopic (exact) mass is 451 g/mol. The van der Waals surface area contributed by atoms with Crippen LogP contribution in [0.25, 0.3) is 0 Å². The van der Waals surface area contributed by atoms with E-state index in [0.717, 1.165) is 25.7 Å². The molecule has 0 unspecified atom stereocenters. The van der Waals surface area contributed by atoms with Crippen LogP contribution in [0.2, 0.25) is 0 Å². The highest BCUT2D eigenvalue weighted by atomic mass is 16.5. The molecule has 2 aliphatic heterocycles. The SMILES string of the molecule is CCCCCCCCN1C(=O)[C@@H](CC(=O)O)C[C@]2(C(=O)OC)C1=C[C@@H](C(C)(C)C)O[C@H]2C. The summed E-state index contributed by atoms with van der Waals surface area (Å²) in [4.78, 5) is 39.8. The zero-order valence-corrected chi connectivity index (χ0v) is 20.6. The van der Waals surface area contributed by atoms with Crippen LogP contribution in [-0.4, -0.2) is 53.7 Å². The third-order valence-corrected chi connectivity index (χ3v) is 6.84. The number of hydrogen-bond donors (Lipinski definition) is 1. The topological polar surface area (TPSA) is 93.1 Å². The predicted molar refractivity (Wildman–Crippen MR) is 122 cm³/mol. The van der Waals surface area contributed by atoms with Gasteiger partial charge in [0.05, 0.1) is 31.7 Å². The van der Waals surface area contributed by atoms with Gasteiger partial charge in [-0.1, -0.05) is 59.8 Å². The quantitative estimate of drug-likeness (QED) is 0.387. The van der Waals surface area contributed by atoms with Crippen LogP contribution >= 0.6 is 0 Å². The summed E-state index contributed by atoms with van der Waals surface area (Å²) < 4.78 is 11.5. The Kier molecular flexibility index (Phi) is 8.91. The number of unbranched alkanes of at least 4 members (excludes halogenated alkanes) is 5. The van der Waals surface area contributed by atoms with E-state index in [-0.39, 0.29) is 30.3 Å². The predicted octanol–water partition coefficient (Wildman–Crippen LogP) is 4.55. The van der Waals surface area contributed by atoms with E-state index in [4.69, 9.17) is 9.47 Å². The maximum atomic E-state index is 13.4. The minimum absolute atomic E-state index is 0.0850. The van der Waals surface area contributed by atoms with E-state index >= 15 is 0 Å². The third-order valence-electron chi connectivity index (χ3n) is 6.84. The fourth-order valence-corrected chi connectivity index (χ4v) is 4.93. The van der Waals surface area contributed by atoms with Crippen LogP contribution in [-0.2, 0) is 23.9 Å². The van der Waals surface area contributed by atoms with E-state index in [1.54, 1.807) is 4.90 Å². The van der Waals surface area contributed by atoms with Gasteiger partial charge in [0, 0.05) is 12.2 Å². The Balaban J connectivity index is 2.45. The van der Waals surface area contributed by atoms with Crippen LogP contribution < -0.4 is 0 Å². The van der Waals surface area contributed by atoms with E-state index in [9.17, 15) is 19.5 Å². The first-order valence-corrected chi connectivity index (χ1v) is 12.0. The maximum absolute atomic E-state index is 13.4. The first-order valence-electron chi connectivity index (χ1n) is 12.0. The highest BCUT2D eigenvalue weighted by molar-refractivity contribution is 5.91. The van der Waals surface area contributed by atoms with E-state index in [1.165, 1.54) is 20.0 Å². The molecule has 0 saturated carbocycles. The van der Waals surface area contributed by atoms with Crippen molar-refractivity contribution in [2.75, 3.05) is 13.7 Å². The molecule has 7 heteroatoms. The Bertz CT molecular complexity index is 724. The van der Waals surface area contributed by atoms with Gasteiger partial charge in [-0.2, -0.15) is 0 Å². The molecule has 0 spiro atoms. The number of carboxylic acid groups (broad SMARTS) is 1. The van der Waals surface area contributed by atoms with Gasteiger partial charge in [0.2, 0.25) is 5.91 Å². The lowest BCUT2D eigenvalue weighted by Crippen LogP contribution is -2.61. The fourth-order valence-electron chi connectivity index (χ4n) is 4.93. The number of carboxylic acids is 1. The molecule has 1 fully saturated rings. The molecule has 1 amide bonds. The average Bonchev–Trinajstić information content (AvgIpc) is 2.71. The summed E-state index contributed by atoms with van der Waals surface area (Å²) in [5, 5.41) is 9.42. The molecule has 2 rings (SSSR count). The van der Waals surface area contributed by atoms with E-state index in [0.29, 0.717) is 12.2 Å². The zero-order valence-electron chi connectivity index (χ0n) is 20.6. The molecule has 4 atom stereocenters. The van der Waals surface area contributed by atoms with Gasteiger partial charge in [0.25, 0.3) is 0 Å². The van der Waals surface area contributed by atoms with Gasteiger partial charge in [-0.05, 0) is 31.3 Å². The largest absolute Gasteiger partial charge is 0.481 e. The van der Waals surface area contributed by atoms with Crippen molar-refractivity contribution in [2.24, 2.45) is 16.7 Å². The number of rotatable bonds is 10. The Morgan fingerprint density at radius 1 is 1.22 bits per heavy atom. The molecule has 182 valence electrons. The second kappa shape index (κ2) is 10.8.